The smallest absolute Gasteiger partial charge is 0.325 e. The second-order valence-corrected chi connectivity index (χ2v) is 20.0. The number of nitrogens with one attached hydrogen (secondary N) is 1. The number of esters is 3. The lowest BCUT2D eigenvalue weighted by Crippen LogP contribution is -2.60. The first-order valence-electron chi connectivity index (χ1n) is 23.8. The van der Waals surface area contributed by atoms with Crippen LogP contribution in [0, 0.1) is 15.4 Å². The number of halogens is 1. The topological polar surface area (TPSA) is 181 Å². The molecule has 71 heavy (non-hydrogen) atoms. The van der Waals surface area contributed by atoms with E-state index in [0.717, 1.165) is 21.1 Å². The molecule has 6 aliphatic heterocycles. The second-order valence-electron chi connectivity index (χ2n) is 18.7. The van der Waals surface area contributed by atoms with Crippen LogP contribution >= 0.6 is 22.6 Å². The number of hydrogen-bond acceptors (Lipinski definition) is 12. The summed E-state index contributed by atoms with van der Waals surface area (Å²) in [6.07, 6.45) is 2.01. The van der Waals surface area contributed by atoms with Gasteiger partial charge in [-0.25, -0.2) is 0 Å². The fraction of sp³-hybridized carbons (Fsp3) is 0.309. The van der Waals surface area contributed by atoms with Crippen LogP contribution in [0.3, 0.4) is 0 Å². The number of carbonyl (C=O) groups is 6. The van der Waals surface area contributed by atoms with Crippen molar-refractivity contribution >= 4 is 63.9 Å². The molecule has 6 heterocycles. The number of amides is 3. The lowest BCUT2D eigenvalue weighted by molar-refractivity contribution is -0.180. The van der Waals surface area contributed by atoms with E-state index < -0.39 is 83.4 Å². The standard InChI is InChI=1S/C55H49IN4O11/c1-2-26-69-52(65)43-46-53(66)71-47(33-12-7-4-8-13-33)45(31-10-5-3-6-11-31)60(46)48(55(43)39-29-35(56)19-24-40(39)57-54(55)67)34-17-22-37(23-18-34)68-27-28-70-51(64)38-30-42-49(62)58-25-9-14-41(58)50(63)59(42)44(38)32-15-20-36(61)21-16-32/h2-8,10-13,15-24,29,38,41-48,61H,1,9,14,25-28,30H2,(H,57,67)/t38-,41+,42-,43-,44-,45-,46-,47+,48+,55-/m1/s1. The number of anilines is 1. The lowest BCUT2D eigenvalue weighted by atomic mass is 9.65. The highest BCUT2D eigenvalue weighted by atomic mass is 127. The van der Waals surface area contributed by atoms with Crippen molar-refractivity contribution < 1.29 is 52.8 Å². The predicted molar refractivity (Wildman–Crippen MR) is 264 cm³/mol. The van der Waals surface area contributed by atoms with Gasteiger partial charge in [-0.3, -0.25) is 33.7 Å². The van der Waals surface area contributed by atoms with Crippen LogP contribution in [0.1, 0.15) is 71.3 Å². The molecule has 15 nitrogen and oxygen atoms in total. The van der Waals surface area contributed by atoms with Crippen LogP contribution in [-0.4, -0.2) is 99.9 Å². The molecule has 11 rings (SSSR count). The maximum Gasteiger partial charge on any atom is 0.325 e. The van der Waals surface area contributed by atoms with Gasteiger partial charge >= 0.3 is 17.9 Å². The van der Waals surface area contributed by atoms with Crippen LogP contribution in [0.15, 0.2) is 140 Å². The van der Waals surface area contributed by atoms with Gasteiger partial charge in [-0.1, -0.05) is 97.6 Å². The summed E-state index contributed by atoms with van der Waals surface area (Å²) >= 11 is 2.18. The summed E-state index contributed by atoms with van der Waals surface area (Å²) in [5.74, 6) is -4.57. The van der Waals surface area contributed by atoms with Gasteiger partial charge in [-0.15, -0.1) is 0 Å². The summed E-state index contributed by atoms with van der Waals surface area (Å²) in [6.45, 7) is 3.91. The fourth-order valence-corrected chi connectivity index (χ4v) is 12.7. The number of piperazine rings is 1. The molecule has 5 aromatic rings. The van der Waals surface area contributed by atoms with Gasteiger partial charge in [0.05, 0.1) is 24.0 Å². The fourth-order valence-electron chi connectivity index (χ4n) is 12.2. The van der Waals surface area contributed by atoms with Crippen molar-refractivity contribution in [3.05, 3.63) is 171 Å². The van der Waals surface area contributed by atoms with E-state index in [0.29, 0.717) is 41.1 Å². The van der Waals surface area contributed by atoms with Gasteiger partial charge in [0.1, 0.15) is 66.9 Å². The first-order valence-corrected chi connectivity index (χ1v) is 24.9. The molecule has 1 spiro atoms. The third-order valence-corrected chi connectivity index (χ3v) is 15.7. The van der Waals surface area contributed by atoms with Crippen molar-refractivity contribution in [2.75, 3.05) is 31.7 Å². The lowest BCUT2D eigenvalue weighted by Gasteiger charge is -2.46. The number of morpholine rings is 1. The third kappa shape index (κ3) is 7.64. The number of cyclic esters (lactones) is 1. The Kier molecular flexibility index (Phi) is 12.1. The maximum absolute atomic E-state index is 15.2. The van der Waals surface area contributed by atoms with Crippen molar-refractivity contribution in [2.24, 2.45) is 11.8 Å². The molecule has 5 fully saturated rings. The van der Waals surface area contributed by atoms with Crippen molar-refractivity contribution in [2.45, 2.75) is 67.0 Å². The molecule has 0 bridgehead atoms. The molecule has 0 unspecified atom stereocenters. The van der Waals surface area contributed by atoms with E-state index in [4.69, 9.17) is 18.9 Å². The Hall–Kier alpha value is -7.05. The van der Waals surface area contributed by atoms with Gasteiger partial charge in [0.15, 0.2) is 0 Å². The molecular formula is C55H49IN4O11. The number of fused-ring (bicyclic) bond motifs is 5. The van der Waals surface area contributed by atoms with Crippen LogP contribution in [0.25, 0.3) is 0 Å². The molecule has 10 atom stereocenters. The Labute approximate surface area is 422 Å². The van der Waals surface area contributed by atoms with Gasteiger partial charge in [-0.2, -0.15) is 0 Å². The number of phenols is 1. The Morgan fingerprint density at radius 2 is 1.46 bits per heavy atom. The number of carbonyl (C=O) groups excluding carboxylic acids is 6. The average Bonchev–Trinajstić information content (AvgIpc) is 4.18. The number of hydrogen-bond donors (Lipinski definition) is 2. The average molecular weight is 1070 g/mol. The van der Waals surface area contributed by atoms with Crippen LogP contribution in [0.4, 0.5) is 5.69 Å². The third-order valence-electron chi connectivity index (χ3n) is 15.1. The summed E-state index contributed by atoms with van der Waals surface area (Å²) in [5, 5.41) is 13.1. The van der Waals surface area contributed by atoms with E-state index in [1.54, 1.807) is 40.1 Å². The molecule has 362 valence electrons. The molecule has 0 radical (unpaired) electrons. The molecule has 5 aromatic carbocycles. The predicted octanol–water partition coefficient (Wildman–Crippen LogP) is 6.88. The quantitative estimate of drug-likeness (QED) is 0.0436. The summed E-state index contributed by atoms with van der Waals surface area (Å²) in [6, 6.07) is 33.0. The Balaban J connectivity index is 0.911. The highest BCUT2D eigenvalue weighted by Crippen LogP contribution is 2.65. The number of nitrogens with zero attached hydrogens (tertiary/aromatic N) is 3. The van der Waals surface area contributed by atoms with E-state index in [9.17, 15) is 29.1 Å². The molecule has 16 heteroatoms. The van der Waals surface area contributed by atoms with E-state index >= 15 is 4.79 Å². The van der Waals surface area contributed by atoms with Crippen molar-refractivity contribution in [1.29, 1.82) is 0 Å². The first kappa shape index (κ1) is 46.3. The first-order chi connectivity index (χ1) is 34.5. The van der Waals surface area contributed by atoms with Crippen molar-refractivity contribution in [3.63, 3.8) is 0 Å². The summed E-state index contributed by atoms with van der Waals surface area (Å²) in [5.41, 5.74) is 2.12. The maximum atomic E-state index is 15.2. The largest absolute Gasteiger partial charge is 0.508 e. The summed E-state index contributed by atoms with van der Waals surface area (Å²) in [7, 11) is 0. The van der Waals surface area contributed by atoms with Gasteiger partial charge in [0, 0.05) is 15.8 Å². The van der Waals surface area contributed by atoms with Gasteiger partial charge < -0.3 is 39.2 Å². The van der Waals surface area contributed by atoms with E-state index in [2.05, 4.69) is 34.5 Å². The Bertz CT molecular complexity index is 2940. The summed E-state index contributed by atoms with van der Waals surface area (Å²) < 4.78 is 25.1. The van der Waals surface area contributed by atoms with Gasteiger partial charge in [0.2, 0.25) is 17.7 Å². The number of rotatable bonds is 12. The number of ether oxygens (including phenoxy) is 4. The molecule has 0 aromatic heterocycles. The molecule has 3 amide bonds. The zero-order chi connectivity index (χ0) is 49.1. The van der Waals surface area contributed by atoms with Crippen LogP contribution in [-0.2, 0) is 48.4 Å². The van der Waals surface area contributed by atoms with E-state index in [-0.39, 0.29) is 43.8 Å². The molecule has 5 saturated heterocycles. The van der Waals surface area contributed by atoms with E-state index in [1.807, 2.05) is 89.8 Å². The van der Waals surface area contributed by atoms with Crippen LogP contribution in [0.2, 0.25) is 0 Å². The number of phenolic OH excluding ortho intramolecular Hbond substituents is 1. The molecule has 2 N–H and O–H groups in total. The van der Waals surface area contributed by atoms with Crippen molar-refractivity contribution in [3.8, 4) is 11.5 Å². The Morgan fingerprint density at radius 3 is 2.18 bits per heavy atom. The molecule has 6 aliphatic rings. The zero-order valence-corrected chi connectivity index (χ0v) is 40.5. The minimum Gasteiger partial charge on any atom is -0.508 e. The number of benzene rings is 5. The SMILES string of the molecule is C=CCOC(=O)[C@H]1[C@@H]2C(=O)O[C@@H](c3ccccc3)[C@@H](c3ccccc3)N2[C@@H](c2ccc(OCCOC(=O)[C@@H]3C[C@@H]4C(=O)N5CCC[C@H]5C(=O)N4[C@@H]3c3ccc(O)cc3)cc2)[C@]12C(=O)Nc1ccc(I)cc12. The normalized spacial score (nSPS) is 28.4. The van der Waals surface area contributed by atoms with Gasteiger partial charge in [0.25, 0.3) is 0 Å². The highest BCUT2D eigenvalue weighted by molar-refractivity contribution is 14.1. The zero-order valence-electron chi connectivity index (χ0n) is 38.3. The minimum atomic E-state index is -1.70. The van der Waals surface area contributed by atoms with E-state index in [1.165, 1.54) is 18.2 Å². The monoisotopic (exact) mass is 1070 g/mol. The molecule has 0 saturated carbocycles. The number of aromatic hydroxyl groups is 1. The van der Waals surface area contributed by atoms with Crippen LogP contribution < -0.4 is 10.1 Å². The molecular weight excluding hydrogens is 1020 g/mol. The summed E-state index contributed by atoms with van der Waals surface area (Å²) in [4.78, 5) is 91.6. The van der Waals surface area contributed by atoms with Crippen molar-refractivity contribution in [1.82, 2.24) is 14.7 Å². The minimum absolute atomic E-state index is 0.0316. The van der Waals surface area contributed by atoms with Crippen LogP contribution in [0.5, 0.6) is 11.5 Å². The highest BCUT2D eigenvalue weighted by Gasteiger charge is 2.74. The van der Waals surface area contributed by atoms with Gasteiger partial charge in [-0.05, 0) is 112 Å². The molecule has 0 aliphatic carbocycles. The second kappa shape index (κ2) is 18.6. The Morgan fingerprint density at radius 1 is 0.775 bits per heavy atom.